The third kappa shape index (κ3) is 3.61. The van der Waals surface area contributed by atoms with Crippen molar-refractivity contribution in [1.82, 2.24) is 0 Å². The predicted molar refractivity (Wildman–Crippen MR) is 67.7 cm³/mol. The number of hydrogen-bond donors (Lipinski definition) is 1. The summed E-state index contributed by atoms with van der Waals surface area (Å²) >= 11 is 6.02. The summed E-state index contributed by atoms with van der Waals surface area (Å²) in [6, 6.07) is 5.15. The van der Waals surface area contributed by atoms with E-state index >= 15 is 0 Å². The van der Waals surface area contributed by atoms with Crippen LogP contribution in [-0.2, 0) is 4.79 Å². The molecule has 0 bridgehead atoms. The van der Waals surface area contributed by atoms with Crippen LogP contribution in [0.3, 0.4) is 0 Å². The average molecular weight is 258 g/mol. The Morgan fingerprint density at radius 1 is 1.53 bits per heavy atom. The molecule has 0 aromatic heterocycles. The molecule has 0 saturated carbocycles. The van der Waals surface area contributed by atoms with Gasteiger partial charge >= 0.3 is 0 Å². The van der Waals surface area contributed by atoms with Crippen molar-refractivity contribution >= 4 is 23.2 Å². The number of aliphatic hydroxyl groups excluding tert-OH is 1. The Balaban J connectivity index is 2.85. The molecule has 1 aromatic carbocycles. The van der Waals surface area contributed by atoms with Crippen LogP contribution in [0.4, 0.5) is 5.69 Å². The Bertz CT molecular complexity index is 395. The van der Waals surface area contributed by atoms with E-state index in [9.17, 15) is 4.79 Å². The van der Waals surface area contributed by atoms with Gasteiger partial charge in [0.05, 0.1) is 24.7 Å². The molecule has 0 fully saturated rings. The minimum absolute atomic E-state index is 0.0985. The van der Waals surface area contributed by atoms with E-state index in [4.69, 9.17) is 21.4 Å². The van der Waals surface area contributed by atoms with E-state index in [-0.39, 0.29) is 18.9 Å². The number of anilines is 1. The molecule has 0 aliphatic heterocycles. The van der Waals surface area contributed by atoms with E-state index in [1.54, 1.807) is 25.2 Å². The molecule has 0 aliphatic rings. The Labute approximate surface area is 106 Å². The summed E-state index contributed by atoms with van der Waals surface area (Å²) in [5.74, 6) is 0.439. The highest BCUT2D eigenvalue weighted by Gasteiger charge is 2.12. The van der Waals surface area contributed by atoms with Gasteiger partial charge in [-0.2, -0.15) is 0 Å². The molecule has 1 rings (SSSR count). The summed E-state index contributed by atoms with van der Waals surface area (Å²) in [4.78, 5) is 13.0. The molecule has 0 spiro atoms. The lowest BCUT2D eigenvalue weighted by atomic mass is 10.2. The first-order valence-corrected chi connectivity index (χ1v) is 5.77. The zero-order chi connectivity index (χ0) is 12.8. The topological polar surface area (TPSA) is 49.8 Å². The number of aliphatic hydroxyl groups is 1. The second-order valence-corrected chi connectivity index (χ2v) is 3.88. The summed E-state index contributed by atoms with van der Waals surface area (Å²) in [7, 11) is 1.64. The van der Waals surface area contributed by atoms with Gasteiger partial charge in [-0.05, 0) is 25.1 Å². The average Bonchev–Trinajstić information content (AvgIpc) is 2.31. The molecule has 5 heteroatoms. The van der Waals surface area contributed by atoms with Crippen molar-refractivity contribution in [1.29, 1.82) is 0 Å². The number of benzene rings is 1. The Morgan fingerprint density at radius 3 is 2.76 bits per heavy atom. The molecule has 4 nitrogen and oxygen atoms in total. The highest BCUT2D eigenvalue weighted by Crippen LogP contribution is 2.29. The molecule has 0 atom stereocenters. The number of halogens is 1. The van der Waals surface area contributed by atoms with Crippen LogP contribution in [-0.4, -0.2) is 31.3 Å². The first kappa shape index (κ1) is 13.8. The molecule has 94 valence electrons. The summed E-state index contributed by atoms with van der Waals surface area (Å²) in [6.45, 7) is 2.26. The molecular weight excluding hydrogens is 242 g/mol. The standard InChI is InChI=1S/C12H16ClNO3/c1-3-17-11-5-4-9(8-10(11)13)14(2)12(16)6-7-15/h4-5,8,15H,3,6-7H2,1-2H3. The van der Waals surface area contributed by atoms with E-state index in [2.05, 4.69) is 0 Å². The number of nitrogens with zero attached hydrogens (tertiary/aromatic N) is 1. The van der Waals surface area contributed by atoms with Gasteiger partial charge in [0.1, 0.15) is 5.75 Å². The van der Waals surface area contributed by atoms with Crippen molar-refractivity contribution < 1.29 is 14.6 Å². The molecule has 1 aromatic rings. The fraction of sp³-hybridized carbons (Fsp3) is 0.417. The van der Waals surface area contributed by atoms with Gasteiger partial charge in [0.15, 0.2) is 0 Å². The van der Waals surface area contributed by atoms with Gasteiger partial charge in [-0.1, -0.05) is 11.6 Å². The number of ether oxygens (including phenoxy) is 1. The second kappa shape index (κ2) is 6.47. The number of carbonyl (C=O) groups excluding carboxylic acids is 1. The smallest absolute Gasteiger partial charge is 0.229 e. The van der Waals surface area contributed by atoms with Crippen LogP contribution in [0.2, 0.25) is 5.02 Å². The van der Waals surface area contributed by atoms with Crippen molar-refractivity contribution in [2.75, 3.05) is 25.2 Å². The monoisotopic (exact) mass is 257 g/mol. The van der Waals surface area contributed by atoms with Crippen molar-refractivity contribution in [3.05, 3.63) is 23.2 Å². The fourth-order valence-corrected chi connectivity index (χ4v) is 1.61. The molecule has 1 N–H and O–H groups in total. The van der Waals surface area contributed by atoms with Crippen LogP contribution in [0.15, 0.2) is 18.2 Å². The molecule has 0 unspecified atom stereocenters. The van der Waals surface area contributed by atoms with Gasteiger partial charge < -0.3 is 14.7 Å². The van der Waals surface area contributed by atoms with Gasteiger partial charge in [-0.25, -0.2) is 0 Å². The largest absolute Gasteiger partial charge is 0.492 e. The minimum Gasteiger partial charge on any atom is -0.492 e. The predicted octanol–water partition coefficient (Wildman–Crippen LogP) is 2.08. The maximum Gasteiger partial charge on any atom is 0.229 e. The highest BCUT2D eigenvalue weighted by molar-refractivity contribution is 6.32. The van der Waals surface area contributed by atoms with Crippen LogP contribution in [0.5, 0.6) is 5.75 Å². The quantitative estimate of drug-likeness (QED) is 0.879. The first-order valence-electron chi connectivity index (χ1n) is 5.40. The van der Waals surface area contributed by atoms with Crippen molar-refractivity contribution in [3.63, 3.8) is 0 Å². The fourth-order valence-electron chi connectivity index (χ4n) is 1.38. The summed E-state index contributed by atoms with van der Waals surface area (Å²) in [6.07, 6.45) is 0.0985. The third-order valence-electron chi connectivity index (χ3n) is 2.30. The molecule has 0 radical (unpaired) electrons. The zero-order valence-corrected chi connectivity index (χ0v) is 10.7. The third-order valence-corrected chi connectivity index (χ3v) is 2.60. The summed E-state index contributed by atoms with van der Waals surface area (Å²) in [5.41, 5.74) is 0.678. The van der Waals surface area contributed by atoms with Crippen molar-refractivity contribution in [2.45, 2.75) is 13.3 Å². The normalized spacial score (nSPS) is 10.1. The SMILES string of the molecule is CCOc1ccc(N(C)C(=O)CCO)cc1Cl. The van der Waals surface area contributed by atoms with Crippen LogP contribution < -0.4 is 9.64 Å². The molecule has 1 amide bonds. The Hall–Kier alpha value is -1.26. The second-order valence-electron chi connectivity index (χ2n) is 3.47. The minimum atomic E-state index is -0.160. The molecule has 0 saturated heterocycles. The molecule has 17 heavy (non-hydrogen) atoms. The number of amides is 1. The number of rotatable bonds is 5. The van der Waals surface area contributed by atoms with Crippen LogP contribution in [0.1, 0.15) is 13.3 Å². The van der Waals surface area contributed by atoms with Crippen molar-refractivity contribution in [2.24, 2.45) is 0 Å². The molecular formula is C12H16ClNO3. The zero-order valence-electron chi connectivity index (χ0n) is 9.94. The lowest BCUT2D eigenvalue weighted by molar-refractivity contribution is -0.118. The number of carbonyl (C=O) groups is 1. The maximum absolute atomic E-state index is 11.6. The van der Waals surface area contributed by atoms with E-state index in [0.717, 1.165) is 0 Å². The van der Waals surface area contributed by atoms with Gasteiger partial charge in [-0.15, -0.1) is 0 Å². The van der Waals surface area contributed by atoms with E-state index in [1.165, 1.54) is 4.90 Å². The van der Waals surface area contributed by atoms with Gasteiger partial charge in [0.2, 0.25) is 5.91 Å². The molecule has 0 aliphatic carbocycles. The van der Waals surface area contributed by atoms with Crippen molar-refractivity contribution in [3.8, 4) is 5.75 Å². The van der Waals surface area contributed by atoms with Gasteiger partial charge in [0.25, 0.3) is 0 Å². The Morgan fingerprint density at radius 2 is 2.24 bits per heavy atom. The lowest BCUT2D eigenvalue weighted by Gasteiger charge is -2.18. The van der Waals surface area contributed by atoms with Crippen LogP contribution in [0, 0.1) is 0 Å². The molecule has 0 heterocycles. The summed E-state index contributed by atoms with van der Waals surface area (Å²) < 4.78 is 5.30. The van der Waals surface area contributed by atoms with E-state index in [1.807, 2.05) is 6.92 Å². The summed E-state index contributed by atoms with van der Waals surface area (Å²) in [5, 5.41) is 9.17. The van der Waals surface area contributed by atoms with Gasteiger partial charge in [-0.3, -0.25) is 4.79 Å². The highest BCUT2D eigenvalue weighted by atomic mass is 35.5. The van der Waals surface area contributed by atoms with Crippen LogP contribution in [0.25, 0.3) is 0 Å². The first-order chi connectivity index (χ1) is 8.10. The van der Waals surface area contributed by atoms with Crippen LogP contribution >= 0.6 is 11.6 Å². The lowest BCUT2D eigenvalue weighted by Crippen LogP contribution is -2.26. The maximum atomic E-state index is 11.6. The number of hydrogen-bond acceptors (Lipinski definition) is 3. The Kier molecular flexibility index (Phi) is 5.25. The van der Waals surface area contributed by atoms with E-state index < -0.39 is 0 Å². The van der Waals surface area contributed by atoms with E-state index in [0.29, 0.717) is 23.1 Å². The van der Waals surface area contributed by atoms with Gasteiger partial charge in [0, 0.05) is 12.7 Å².